The summed E-state index contributed by atoms with van der Waals surface area (Å²) in [5, 5.41) is 11.0. The van der Waals surface area contributed by atoms with Gasteiger partial charge in [-0.1, -0.05) is 25.4 Å². The van der Waals surface area contributed by atoms with E-state index < -0.39 is 10.8 Å². The quantitative estimate of drug-likeness (QED) is 0.484. The molecule has 0 saturated heterocycles. The molecule has 0 bridgehead atoms. The van der Waals surface area contributed by atoms with Crippen molar-refractivity contribution in [2.24, 2.45) is 5.92 Å². The maximum atomic E-state index is 12.3. The Kier molecular flexibility index (Phi) is 4.83. The maximum absolute atomic E-state index is 12.3. The summed E-state index contributed by atoms with van der Waals surface area (Å²) in [6.07, 6.45) is 1.00. The third kappa shape index (κ3) is 3.41. The normalized spacial score (nSPS) is 12.3. The van der Waals surface area contributed by atoms with Crippen LogP contribution in [-0.2, 0) is 0 Å². The molecule has 0 N–H and O–H groups in total. The second-order valence-corrected chi connectivity index (χ2v) is 5.07. The maximum Gasteiger partial charge on any atom is 0.300 e. The Labute approximate surface area is 116 Å². The van der Waals surface area contributed by atoms with E-state index in [0.717, 1.165) is 6.20 Å². The molecule has 19 heavy (non-hydrogen) atoms. The highest BCUT2D eigenvalue weighted by molar-refractivity contribution is 6.29. The molecule has 1 rings (SSSR count). The number of hydrogen-bond donors (Lipinski definition) is 0. The van der Waals surface area contributed by atoms with E-state index in [-0.39, 0.29) is 28.4 Å². The van der Waals surface area contributed by atoms with Gasteiger partial charge in [0.05, 0.1) is 4.92 Å². The first-order chi connectivity index (χ1) is 8.75. The minimum absolute atomic E-state index is 0.0417. The number of carbonyl (C=O) groups is 1. The molecule has 0 radical (unpaired) electrons. The van der Waals surface area contributed by atoms with E-state index in [1.54, 1.807) is 7.05 Å². The molecular formula is C12H16ClN3O3. The SMILES string of the molecule is CC(C)C(C)N(C)C(=O)c1cc(Cl)ncc1[N+](=O)[O-]. The van der Waals surface area contributed by atoms with Crippen LogP contribution in [-0.4, -0.2) is 33.8 Å². The third-order valence-corrected chi connectivity index (χ3v) is 3.38. The monoisotopic (exact) mass is 285 g/mol. The fourth-order valence-electron chi connectivity index (χ4n) is 1.56. The molecule has 1 unspecified atom stereocenters. The van der Waals surface area contributed by atoms with Gasteiger partial charge in [-0.15, -0.1) is 0 Å². The Balaban J connectivity index is 3.18. The molecular weight excluding hydrogens is 270 g/mol. The number of carbonyl (C=O) groups excluding carboxylic acids is 1. The second-order valence-electron chi connectivity index (χ2n) is 4.68. The summed E-state index contributed by atoms with van der Waals surface area (Å²) in [7, 11) is 1.62. The summed E-state index contributed by atoms with van der Waals surface area (Å²) < 4.78 is 0. The minimum atomic E-state index is -0.634. The molecule has 1 atom stereocenters. The van der Waals surface area contributed by atoms with Crippen LogP contribution in [0.3, 0.4) is 0 Å². The van der Waals surface area contributed by atoms with E-state index in [9.17, 15) is 14.9 Å². The number of nitro groups is 1. The van der Waals surface area contributed by atoms with Gasteiger partial charge in [-0.2, -0.15) is 0 Å². The lowest BCUT2D eigenvalue weighted by atomic mass is 10.0. The Morgan fingerprint density at radius 3 is 2.53 bits per heavy atom. The van der Waals surface area contributed by atoms with Crippen molar-refractivity contribution in [3.05, 3.63) is 33.1 Å². The van der Waals surface area contributed by atoms with E-state index in [0.29, 0.717) is 0 Å². The highest BCUT2D eigenvalue weighted by atomic mass is 35.5. The molecule has 1 amide bonds. The predicted octanol–water partition coefficient (Wildman–Crippen LogP) is 2.76. The van der Waals surface area contributed by atoms with E-state index in [2.05, 4.69) is 4.98 Å². The number of aromatic nitrogens is 1. The van der Waals surface area contributed by atoms with Gasteiger partial charge in [0, 0.05) is 13.1 Å². The van der Waals surface area contributed by atoms with Crippen LogP contribution in [0.4, 0.5) is 5.69 Å². The zero-order valence-corrected chi connectivity index (χ0v) is 12.0. The van der Waals surface area contributed by atoms with Crippen molar-refractivity contribution in [1.29, 1.82) is 0 Å². The van der Waals surface area contributed by atoms with Gasteiger partial charge in [-0.3, -0.25) is 14.9 Å². The van der Waals surface area contributed by atoms with Gasteiger partial charge in [-0.05, 0) is 18.9 Å². The molecule has 7 heteroatoms. The fraction of sp³-hybridized carbons (Fsp3) is 0.500. The van der Waals surface area contributed by atoms with E-state index in [4.69, 9.17) is 11.6 Å². The Bertz CT molecular complexity index is 505. The molecule has 1 aromatic rings. The van der Waals surface area contributed by atoms with Crippen LogP contribution in [0.25, 0.3) is 0 Å². The number of hydrogen-bond acceptors (Lipinski definition) is 4. The molecule has 0 aliphatic heterocycles. The number of pyridine rings is 1. The largest absolute Gasteiger partial charge is 0.339 e. The average molecular weight is 286 g/mol. The molecule has 0 fully saturated rings. The van der Waals surface area contributed by atoms with Gasteiger partial charge in [0.15, 0.2) is 0 Å². The molecule has 0 aromatic carbocycles. The smallest absolute Gasteiger partial charge is 0.300 e. The summed E-state index contributed by atoms with van der Waals surface area (Å²) in [6, 6.07) is 1.19. The van der Waals surface area contributed by atoms with Crippen LogP contribution >= 0.6 is 11.6 Å². The molecule has 0 saturated carbocycles. The molecule has 0 aliphatic rings. The highest BCUT2D eigenvalue weighted by Crippen LogP contribution is 2.23. The zero-order chi connectivity index (χ0) is 14.7. The lowest BCUT2D eigenvalue weighted by molar-refractivity contribution is -0.385. The van der Waals surface area contributed by atoms with Gasteiger partial charge in [0.2, 0.25) is 0 Å². The summed E-state index contributed by atoms with van der Waals surface area (Å²) in [5.41, 5.74) is -0.378. The van der Waals surface area contributed by atoms with Crippen molar-refractivity contribution in [2.45, 2.75) is 26.8 Å². The van der Waals surface area contributed by atoms with Crippen LogP contribution in [0.15, 0.2) is 12.3 Å². The standard InChI is InChI=1S/C12H16ClN3O3/c1-7(2)8(3)15(4)12(17)9-5-11(13)14-6-10(9)16(18)19/h5-8H,1-4H3. The first-order valence-electron chi connectivity index (χ1n) is 5.82. The van der Waals surface area contributed by atoms with Crippen LogP contribution < -0.4 is 0 Å². The topological polar surface area (TPSA) is 76.3 Å². The third-order valence-electron chi connectivity index (χ3n) is 3.17. The molecule has 6 nitrogen and oxygen atoms in total. The number of rotatable bonds is 4. The van der Waals surface area contributed by atoms with Crippen molar-refractivity contribution in [3.8, 4) is 0 Å². The minimum Gasteiger partial charge on any atom is -0.339 e. The van der Waals surface area contributed by atoms with Gasteiger partial charge >= 0.3 is 0 Å². The van der Waals surface area contributed by atoms with Gasteiger partial charge in [-0.25, -0.2) is 4.98 Å². The molecule has 0 aliphatic carbocycles. The molecule has 1 heterocycles. The van der Waals surface area contributed by atoms with Gasteiger partial charge < -0.3 is 4.90 Å². The average Bonchev–Trinajstić information content (AvgIpc) is 2.35. The van der Waals surface area contributed by atoms with Crippen LogP contribution in [0.2, 0.25) is 5.15 Å². The first kappa shape index (κ1) is 15.4. The highest BCUT2D eigenvalue weighted by Gasteiger charge is 2.27. The van der Waals surface area contributed by atoms with Crippen molar-refractivity contribution < 1.29 is 9.72 Å². The summed E-state index contributed by atoms with van der Waals surface area (Å²) >= 11 is 5.71. The summed E-state index contributed by atoms with van der Waals surface area (Å²) in [4.78, 5) is 27.7. The lowest BCUT2D eigenvalue weighted by Crippen LogP contribution is -2.38. The van der Waals surface area contributed by atoms with Crippen LogP contribution in [0, 0.1) is 16.0 Å². The fourth-order valence-corrected chi connectivity index (χ4v) is 1.72. The Hall–Kier alpha value is -1.69. The van der Waals surface area contributed by atoms with E-state index in [1.807, 2.05) is 20.8 Å². The van der Waals surface area contributed by atoms with Crippen molar-refractivity contribution >= 4 is 23.2 Å². The van der Waals surface area contributed by atoms with Crippen molar-refractivity contribution in [3.63, 3.8) is 0 Å². The van der Waals surface area contributed by atoms with Crippen LogP contribution in [0.1, 0.15) is 31.1 Å². The number of amides is 1. The van der Waals surface area contributed by atoms with E-state index in [1.165, 1.54) is 11.0 Å². The molecule has 0 spiro atoms. The zero-order valence-electron chi connectivity index (χ0n) is 11.3. The van der Waals surface area contributed by atoms with Gasteiger partial charge in [0.25, 0.3) is 11.6 Å². The Morgan fingerprint density at radius 2 is 2.05 bits per heavy atom. The lowest BCUT2D eigenvalue weighted by Gasteiger charge is -2.27. The molecule has 1 aromatic heterocycles. The molecule has 104 valence electrons. The van der Waals surface area contributed by atoms with E-state index >= 15 is 0 Å². The predicted molar refractivity (Wildman–Crippen MR) is 72.3 cm³/mol. The van der Waals surface area contributed by atoms with Crippen LogP contribution in [0.5, 0.6) is 0 Å². The van der Waals surface area contributed by atoms with Crippen molar-refractivity contribution in [1.82, 2.24) is 9.88 Å². The number of halogens is 1. The van der Waals surface area contributed by atoms with Crippen molar-refractivity contribution in [2.75, 3.05) is 7.05 Å². The van der Waals surface area contributed by atoms with Gasteiger partial charge in [0.1, 0.15) is 16.9 Å². The number of nitrogens with zero attached hydrogens (tertiary/aromatic N) is 3. The Morgan fingerprint density at radius 1 is 1.47 bits per heavy atom. The second kappa shape index (κ2) is 5.97. The summed E-state index contributed by atoms with van der Waals surface area (Å²) in [6.45, 7) is 5.84. The first-order valence-corrected chi connectivity index (χ1v) is 6.20. The summed E-state index contributed by atoms with van der Waals surface area (Å²) in [5.74, 6) is -0.192.